The summed E-state index contributed by atoms with van der Waals surface area (Å²) in [6, 6.07) is 6.08. The molecule has 162 valence electrons. The molecule has 31 heavy (non-hydrogen) atoms. The minimum Gasteiger partial charge on any atom is -0.368 e. The normalized spacial score (nSPS) is 19.7. The Morgan fingerprint density at radius 2 is 2.06 bits per heavy atom. The Morgan fingerprint density at radius 1 is 1.23 bits per heavy atom. The van der Waals surface area contributed by atoms with Crippen molar-refractivity contribution in [2.24, 2.45) is 5.92 Å². The minimum atomic E-state index is -0.0581. The second-order valence-corrected chi connectivity index (χ2v) is 8.30. The van der Waals surface area contributed by atoms with Gasteiger partial charge in [0.05, 0.1) is 17.9 Å². The molecule has 3 aromatic heterocycles. The largest absolute Gasteiger partial charge is 0.368 e. The van der Waals surface area contributed by atoms with Crippen LogP contribution in [0.4, 0.5) is 17.5 Å². The molecule has 0 aromatic carbocycles. The molecule has 0 bridgehead atoms. The van der Waals surface area contributed by atoms with Crippen molar-refractivity contribution < 1.29 is 4.79 Å². The van der Waals surface area contributed by atoms with Crippen LogP contribution < -0.4 is 20.9 Å². The lowest BCUT2D eigenvalue weighted by Gasteiger charge is -2.31. The lowest BCUT2D eigenvalue weighted by Crippen LogP contribution is -2.43. The maximum Gasteiger partial charge on any atom is 0.268 e. The van der Waals surface area contributed by atoms with Crippen molar-refractivity contribution in [3.8, 4) is 0 Å². The number of anilines is 3. The number of hydrogen-bond acceptors (Lipinski definition) is 7. The molecule has 0 radical (unpaired) electrons. The Kier molecular flexibility index (Phi) is 5.19. The Bertz CT molecular complexity index is 1090. The molecule has 2 aliphatic heterocycles. The molecule has 1 saturated heterocycles. The summed E-state index contributed by atoms with van der Waals surface area (Å²) in [6.45, 7) is 8.95. The summed E-state index contributed by atoms with van der Waals surface area (Å²) in [4.78, 5) is 28.5. The first kappa shape index (κ1) is 19.7. The topological polar surface area (TPSA) is 100 Å². The quantitative estimate of drug-likeness (QED) is 0.582. The van der Waals surface area contributed by atoms with E-state index >= 15 is 0 Å². The summed E-state index contributed by atoms with van der Waals surface area (Å²) in [7, 11) is 0. The van der Waals surface area contributed by atoms with Crippen LogP contribution in [0.2, 0.25) is 0 Å². The molecule has 0 aliphatic carbocycles. The Hall–Kier alpha value is -3.20. The summed E-state index contributed by atoms with van der Waals surface area (Å²) in [5.74, 6) is 1.53. The van der Waals surface area contributed by atoms with Gasteiger partial charge in [0.2, 0.25) is 5.95 Å². The molecule has 0 spiro atoms. The molecule has 9 heteroatoms. The molecule has 2 aliphatic rings. The van der Waals surface area contributed by atoms with Gasteiger partial charge in [-0.15, -0.1) is 0 Å². The fourth-order valence-corrected chi connectivity index (χ4v) is 4.37. The van der Waals surface area contributed by atoms with E-state index in [1.54, 1.807) is 6.20 Å². The van der Waals surface area contributed by atoms with Gasteiger partial charge in [-0.1, -0.05) is 20.3 Å². The number of amides is 1. The van der Waals surface area contributed by atoms with E-state index in [1.165, 1.54) is 0 Å². The maximum absolute atomic E-state index is 12.4. The molecule has 5 heterocycles. The van der Waals surface area contributed by atoms with Crippen LogP contribution >= 0.6 is 0 Å². The zero-order valence-corrected chi connectivity index (χ0v) is 17.9. The van der Waals surface area contributed by atoms with Crippen molar-refractivity contribution in [2.45, 2.75) is 26.3 Å². The monoisotopic (exact) mass is 420 g/mol. The van der Waals surface area contributed by atoms with Crippen LogP contribution in [0.3, 0.4) is 0 Å². The highest BCUT2D eigenvalue weighted by molar-refractivity contribution is 5.98. The predicted molar refractivity (Wildman–Crippen MR) is 121 cm³/mol. The molecule has 9 nitrogen and oxygen atoms in total. The van der Waals surface area contributed by atoms with Gasteiger partial charge in [-0.25, -0.2) is 9.97 Å². The number of carbonyl (C=O) groups is 1. The summed E-state index contributed by atoms with van der Waals surface area (Å²) in [5, 5.41) is 10.5. The van der Waals surface area contributed by atoms with Crippen LogP contribution in [0.5, 0.6) is 0 Å². The Balaban J connectivity index is 1.43. The highest BCUT2D eigenvalue weighted by Gasteiger charge is 2.30. The van der Waals surface area contributed by atoms with Gasteiger partial charge < -0.3 is 25.4 Å². The van der Waals surface area contributed by atoms with Gasteiger partial charge in [0.15, 0.2) is 0 Å². The number of piperazine rings is 1. The number of hydrogen-bond donors (Lipinski definition) is 3. The molecule has 5 rings (SSSR count). The van der Waals surface area contributed by atoms with Crippen molar-refractivity contribution >= 4 is 34.4 Å². The number of nitrogens with zero attached hydrogens (tertiary/aromatic N) is 5. The first-order chi connectivity index (χ1) is 15.1. The third kappa shape index (κ3) is 3.69. The number of pyridine rings is 1. The first-order valence-electron chi connectivity index (χ1n) is 11.0. The van der Waals surface area contributed by atoms with E-state index in [4.69, 9.17) is 4.98 Å². The van der Waals surface area contributed by atoms with Gasteiger partial charge >= 0.3 is 0 Å². The molecule has 0 saturated carbocycles. The Morgan fingerprint density at radius 3 is 2.81 bits per heavy atom. The van der Waals surface area contributed by atoms with Gasteiger partial charge in [0.1, 0.15) is 17.2 Å². The van der Waals surface area contributed by atoms with Crippen LogP contribution in [0, 0.1) is 5.92 Å². The lowest BCUT2D eigenvalue weighted by molar-refractivity contribution is 0.0904. The van der Waals surface area contributed by atoms with E-state index in [0.29, 0.717) is 29.9 Å². The first-order valence-corrected chi connectivity index (χ1v) is 11.0. The van der Waals surface area contributed by atoms with E-state index in [-0.39, 0.29) is 11.9 Å². The highest BCUT2D eigenvalue weighted by atomic mass is 16.2. The van der Waals surface area contributed by atoms with E-state index in [1.807, 2.05) is 18.3 Å². The van der Waals surface area contributed by atoms with Crippen LogP contribution in [-0.2, 0) is 0 Å². The molecule has 3 aromatic rings. The number of fused-ring (bicyclic) bond motifs is 3. The third-order valence-electron chi connectivity index (χ3n) is 6.38. The van der Waals surface area contributed by atoms with Crippen LogP contribution in [0.25, 0.3) is 11.0 Å². The smallest absolute Gasteiger partial charge is 0.268 e. The zero-order chi connectivity index (χ0) is 21.4. The molecular formula is C22H28N8O. The molecule has 1 amide bonds. The van der Waals surface area contributed by atoms with Crippen molar-refractivity contribution in [1.29, 1.82) is 0 Å². The zero-order valence-electron chi connectivity index (χ0n) is 17.9. The standard InChI is InChI=1S/C22H28N8O/c1-3-14(2)18-13-25-21(31)17-10-15-11-26-22(28-20(15)30(17)18)27-19-5-4-16(12-24-19)29-8-6-23-7-9-29/h4-5,10-12,14,18,23H,3,6-9,13H2,1-2H3,(H,25,31)(H,24,26,27,28)/t14-,18?/m0/s1. The van der Waals surface area contributed by atoms with Crippen molar-refractivity contribution in [2.75, 3.05) is 42.9 Å². The van der Waals surface area contributed by atoms with Gasteiger partial charge in [-0.05, 0) is 24.1 Å². The maximum atomic E-state index is 12.4. The van der Waals surface area contributed by atoms with Gasteiger partial charge in [-0.3, -0.25) is 4.79 Å². The number of rotatable bonds is 5. The minimum absolute atomic E-state index is 0.0581. The summed E-state index contributed by atoms with van der Waals surface area (Å²) in [5.41, 5.74) is 2.55. The fraction of sp³-hybridized carbons (Fsp3) is 0.455. The lowest BCUT2D eigenvalue weighted by atomic mass is 9.97. The van der Waals surface area contributed by atoms with Crippen molar-refractivity contribution in [3.63, 3.8) is 0 Å². The Labute approximate surface area is 181 Å². The second-order valence-electron chi connectivity index (χ2n) is 8.30. The molecule has 3 N–H and O–H groups in total. The summed E-state index contributed by atoms with van der Waals surface area (Å²) >= 11 is 0. The number of aromatic nitrogens is 4. The van der Waals surface area contributed by atoms with Crippen molar-refractivity contribution in [1.82, 2.24) is 30.2 Å². The second kappa shape index (κ2) is 8.14. The van der Waals surface area contributed by atoms with E-state index in [0.717, 1.165) is 49.3 Å². The van der Waals surface area contributed by atoms with Gasteiger partial charge in [0, 0.05) is 44.3 Å². The third-order valence-corrected chi connectivity index (χ3v) is 6.38. The average Bonchev–Trinajstić information content (AvgIpc) is 3.20. The average molecular weight is 421 g/mol. The molecule has 1 fully saturated rings. The van der Waals surface area contributed by atoms with Crippen LogP contribution in [-0.4, -0.2) is 58.1 Å². The molecule has 2 atom stereocenters. The van der Waals surface area contributed by atoms with Crippen LogP contribution in [0.15, 0.2) is 30.6 Å². The van der Waals surface area contributed by atoms with Crippen molar-refractivity contribution in [3.05, 3.63) is 36.3 Å². The fourth-order valence-electron chi connectivity index (χ4n) is 4.37. The molecule has 1 unspecified atom stereocenters. The number of nitrogens with one attached hydrogen (secondary N) is 3. The van der Waals surface area contributed by atoms with E-state index in [9.17, 15) is 4.79 Å². The van der Waals surface area contributed by atoms with Crippen LogP contribution in [0.1, 0.15) is 36.8 Å². The van der Waals surface area contributed by atoms with Gasteiger partial charge in [-0.2, -0.15) is 4.98 Å². The SMILES string of the molecule is CC[C@H](C)C1CNC(=O)c2cc3cnc(Nc4ccc(N5CCNCC5)cn4)nc3n21. The summed E-state index contributed by atoms with van der Waals surface area (Å²) in [6.07, 6.45) is 4.68. The van der Waals surface area contributed by atoms with E-state index in [2.05, 4.69) is 55.3 Å². The van der Waals surface area contributed by atoms with Gasteiger partial charge in [0.25, 0.3) is 5.91 Å². The molecular weight excluding hydrogens is 392 g/mol. The van der Waals surface area contributed by atoms with E-state index < -0.39 is 0 Å². The summed E-state index contributed by atoms with van der Waals surface area (Å²) < 4.78 is 2.08. The number of carbonyl (C=O) groups excluding carboxylic acids is 1. The highest BCUT2D eigenvalue weighted by Crippen LogP contribution is 2.31. The predicted octanol–water partition coefficient (Wildman–Crippen LogP) is 2.31.